The van der Waals surface area contributed by atoms with Crippen molar-refractivity contribution in [3.8, 4) is 0 Å². The molecule has 218 valence electrons. The second kappa shape index (κ2) is 15.1. The van der Waals surface area contributed by atoms with E-state index in [0.29, 0.717) is 29.2 Å². The van der Waals surface area contributed by atoms with Gasteiger partial charge < -0.3 is 37.6 Å². The molecule has 3 aromatic rings. The van der Waals surface area contributed by atoms with Crippen molar-refractivity contribution in [2.24, 2.45) is 5.73 Å². The highest BCUT2D eigenvalue weighted by atomic mass is 15.2. The minimum absolute atomic E-state index is 0.312. The summed E-state index contributed by atoms with van der Waals surface area (Å²) in [7, 11) is 1.50. The Labute approximate surface area is 239 Å². The first-order chi connectivity index (χ1) is 19.4. The lowest BCUT2D eigenvalue weighted by atomic mass is 9.89. The molecule has 8 N–H and O–H groups in total. The molecule has 2 aromatic carbocycles. The number of benzene rings is 2. The summed E-state index contributed by atoms with van der Waals surface area (Å²) in [6.45, 7) is 12.3. The fraction of sp³-hybridized carbons (Fsp3) is 0.500. The number of anilines is 8. The molecule has 1 heterocycles. The first kappa shape index (κ1) is 30.7. The van der Waals surface area contributed by atoms with Crippen LogP contribution in [0.5, 0.6) is 0 Å². The van der Waals surface area contributed by atoms with Crippen molar-refractivity contribution in [3.05, 3.63) is 42.2 Å². The van der Waals surface area contributed by atoms with Gasteiger partial charge in [-0.1, -0.05) is 19.3 Å². The maximum atomic E-state index is 6.36. The molecule has 0 unspecified atom stereocenters. The number of nitrogens with one attached hydrogen (secondary N) is 2. The third-order valence-corrected chi connectivity index (χ3v) is 7.45. The molecule has 0 bridgehead atoms. The third-order valence-electron chi connectivity index (χ3n) is 7.45. The Morgan fingerprint density at radius 3 is 1.50 bits per heavy atom. The van der Waals surface area contributed by atoms with Crippen molar-refractivity contribution in [1.82, 2.24) is 15.0 Å². The van der Waals surface area contributed by atoms with Gasteiger partial charge in [-0.25, -0.2) is 0 Å². The van der Waals surface area contributed by atoms with Crippen LogP contribution in [0.15, 0.2) is 36.4 Å². The highest BCUT2D eigenvalue weighted by molar-refractivity contribution is 5.77. The number of nitrogens with two attached hydrogens (primary N) is 3. The summed E-state index contributed by atoms with van der Waals surface area (Å²) in [5, 5.41) is 6.78. The van der Waals surface area contributed by atoms with E-state index in [1.165, 1.54) is 26.3 Å². The fourth-order valence-corrected chi connectivity index (χ4v) is 5.16. The normalized spacial score (nSPS) is 13.2. The summed E-state index contributed by atoms with van der Waals surface area (Å²) < 4.78 is 0. The number of aromatic nitrogens is 3. The number of nitrogens with zero attached hydrogens (tertiary/aromatic N) is 5. The van der Waals surface area contributed by atoms with E-state index in [4.69, 9.17) is 26.4 Å². The molecule has 0 spiro atoms. The highest BCUT2D eigenvalue weighted by Gasteiger charge is 2.21. The van der Waals surface area contributed by atoms with E-state index in [9.17, 15) is 0 Å². The number of nitrogen functional groups attached to an aromatic ring is 2. The van der Waals surface area contributed by atoms with Crippen molar-refractivity contribution in [2.45, 2.75) is 65.7 Å². The van der Waals surface area contributed by atoms with Crippen molar-refractivity contribution < 1.29 is 0 Å². The van der Waals surface area contributed by atoms with E-state index in [1.807, 2.05) is 24.3 Å². The average molecular weight is 549 g/mol. The zero-order chi connectivity index (χ0) is 29.1. The van der Waals surface area contributed by atoms with Crippen LogP contribution in [0.3, 0.4) is 0 Å². The summed E-state index contributed by atoms with van der Waals surface area (Å²) in [4.78, 5) is 19.0. The largest absolute Gasteiger partial charge is 0.397 e. The Morgan fingerprint density at radius 1 is 0.675 bits per heavy atom. The first-order valence-corrected chi connectivity index (χ1v) is 14.6. The van der Waals surface area contributed by atoms with E-state index in [0.717, 1.165) is 67.6 Å². The quantitative estimate of drug-likeness (QED) is 0.185. The van der Waals surface area contributed by atoms with Gasteiger partial charge in [0.25, 0.3) is 0 Å². The van der Waals surface area contributed by atoms with Gasteiger partial charge in [-0.3, -0.25) is 0 Å². The molecule has 0 atom stereocenters. The molecule has 40 heavy (non-hydrogen) atoms. The molecule has 10 heteroatoms. The van der Waals surface area contributed by atoms with Crippen molar-refractivity contribution in [1.29, 1.82) is 0 Å². The van der Waals surface area contributed by atoms with Crippen LogP contribution in [0.4, 0.5) is 46.0 Å². The zero-order valence-electron chi connectivity index (χ0n) is 24.9. The van der Waals surface area contributed by atoms with Crippen LogP contribution in [-0.4, -0.2) is 48.2 Å². The molecule has 1 aliphatic rings. The molecule has 10 nitrogen and oxygen atoms in total. The molecule has 0 radical (unpaired) electrons. The Hall–Kier alpha value is -3.79. The zero-order valence-corrected chi connectivity index (χ0v) is 24.9. The average Bonchev–Trinajstić information content (AvgIpc) is 2.99. The van der Waals surface area contributed by atoms with E-state index >= 15 is 0 Å². The summed E-state index contributed by atoms with van der Waals surface area (Å²) >= 11 is 0. The maximum absolute atomic E-state index is 6.36. The molecule has 1 aliphatic carbocycles. The Morgan fingerprint density at radius 2 is 1.10 bits per heavy atom. The molecule has 0 amide bonds. The van der Waals surface area contributed by atoms with Crippen LogP contribution in [-0.2, 0) is 0 Å². The van der Waals surface area contributed by atoms with Gasteiger partial charge in [0.15, 0.2) is 0 Å². The van der Waals surface area contributed by atoms with Crippen LogP contribution in [0.25, 0.3) is 0 Å². The molecule has 1 saturated carbocycles. The summed E-state index contributed by atoms with van der Waals surface area (Å²) in [5.41, 5.74) is 22.3. The van der Waals surface area contributed by atoms with Crippen molar-refractivity contribution in [2.75, 3.05) is 65.1 Å². The predicted molar refractivity (Wildman–Crippen MR) is 171 cm³/mol. The monoisotopic (exact) mass is 548 g/mol. The second-order valence-corrected chi connectivity index (χ2v) is 9.81. The second-order valence-electron chi connectivity index (χ2n) is 9.81. The van der Waals surface area contributed by atoms with Crippen LogP contribution in [0.1, 0.15) is 71.5 Å². The predicted octanol–water partition coefficient (Wildman–Crippen LogP) is 5.84. The van der Waals surface area contributed by atoms with E-state index in [1.54, 1.807) is 0 Å². The molecular weight excluding hydrogens is 500 g/mol. The van der Waals surface area contributed by atoms with E-state index in [-0.39, 0.29) is 0 Å². The Bertz CT molecular complexity index is 1120. The van der Waals surface area contributed by atoms with Gasteiger partial charge in [0, 0.05) is 43.5 Å². The Kier molecular flexibility index (Phi) is 11.6. The molecular formula is C30H48N10. The lowest BCUT2D eigenvalue weighted by molar-refractivity contribution is 0.428. The topological polar surface area (TPSA) is 147 Å². The molecule has 1 aromatic heterocycles. The van der Waals surface area contributed by atoms with Gasteiger partial charge in [0.1, 0.15) is 5.82 Å². The summed E-state index contributed by atoms with van der Waals surface area (Å²) in [6, 6.07) is 12.1. The lowest BCUT2D eigenvalue weighted by Gasteiger charge is -2.23. The smallest absolute Gasteiger partial charge is 0.232 e. The van der Waals surface area contributed by atoms with Gasteiger partial charge in [0.05, 0.1) is 22.7 Å². The van der Waals surface area contributed by atoms with Crippen LogP contribution < -0.4 is 37.6 Å². The summed E-state index contributed by atoms with van der Waals surface area (Å²) in [5.74, 6) is 2.07. The standard InChI is InChI=1S/C29H43N9.CH5N/c1-5-37(6-2)21-14-16-23(30)25(18-21)32-28-34-27(20-12-10-9-11-13-20)35-29(36-28)33-26-19-22(15-17-24(26)31)38(7-3)8-4;1-2/h14-20H,5-13,30-31H2,1-4H3,(H2,32,33,34,35,36);2H2,1H3. The third kappa shape index (κ3) is 7.65. The van der Waals surface area contributed by atoms with Crippen LogP contribution in [0, 0.1) is 0 Å². The number of rotatable bonds is 11. The molecule has 0 saturated heterocycles. The van der Waals surface area contributed by atoms with Crippen molar-refractivity contribution in [3.63, 3.8) is 0 Å². The van der Waals surface area contributed by atoms with Gasteiger partial charge >= 0.3 is 0 Å². The first-order valence-electron chi connectivity index (χ1n) is 14.6. The van der Waals surface area contributed by atoms with Gasteiger partial charge in [-0.05, 0) is 84.0 Å². The van der Waals surface area contributed by atoms with Crippen LogP contribution >= 0.6 is 0 Å². The minimum Gasteiger partial charge on any atom is -0.397 e. The number of hydrogen-bond acceptors (Lipinski definition) is 10. The molecule has 4 rings (SSSR count). The maximum Gasteiger partial charge on any atom is 0.232 e. The SMILES string of the molecule is CCN(CC)c1ccc(N)c(Nc2nc(Nc3cc(N(CC)CC)ccc3N)nc(C3CCCCC3)n2)c1.CN. The summed E-state index contributed by atoms with van der Waals surface area (Å²) in [6.07, 6.45) is 5.82. The molecule has 1 fully saturated rings. The van der Waals surface area contributed by atoms with E-state index < -0.39 is 0 Å². The Balaban J connectivity index is 0.00000216. The fourth-order valence-electron chi connectivity index (χ4n) is 5.16. The minimum atomic E-state index is 0.312. The number of hydrogen-bond donors (Lipinski definition) is 5. The van der Waals surface area contributed by atoms with Gasteiger partial charge in [0.2, 0.25) is 11.9 Å². The van der Waals surface area contributed by atoms with Gasteiger partial charge in [-0.2, -0.15) is 15.0 Å². The molecule has 0 aliphatic heterocycles. The lowest BCUT2D eigenvalue weighted by Crippen LogP contribution is -2.22. The van der Waals surface area contributed by atoms with E-state index in [2.05, 4.69) is 66.0 Å². The van der Waals surface area contributed by atoms with Gasteiger partial charge in [-0.15, -0.1) is 0 Å². The highest BCUT2D eigenvalue weighted by Crippen LogP contribution is 2.34. The van der Waals surface area contributed by atoms with Crippen molar-refractivity contribution >= 4 is 46.0 Å². The van der Waals surface area contributed by atoms with Crippen LogP contribution in [0.2, 0.25) is 0 Å².